The normalized spacial score (nSPS) is 10.7. The van der Waals surface area contributed by atoms with Gasteiger partial charge in [-0.25, -0.2) is 9.78 Å². The lowest BCUT2D eigenvalue weighted by Crippen LogP contribution is -2.11. The van der Waals surface area contributed by atoms with Crippen LogP contribution in [0.1, 0.15) is 15.9 Å². The Kier molecular flexibility index (Phi) is 4.26. The minimum Gasteiger partial charge on any atom is -0.403 e. The van der Waals surface area contributed by atoms with Crippen LogP contribution in [0.4, 0.5) is 5.69 Å². The van der Waals surface area contributed by atoms with Crippen molar-refractivity contribution in [1.29, 1.82) is 0 Å². The van der Waals surface area contributed by atoms with E-state index in [-0.39, 0.29) is 11.8 Å². The Balaban J connectivity index is 1.59. The van der Waals surface area contributed by atoms with Gasteiger partial charge in [0.15, 0.2) is 0 Å². The van der Waals surface area contributed by atoms with Gasteiger partial charge in [-0.1, -0.05) is 29.8 Å². The van der Waals surface area contributed by atoms with Gasteiger partial charge in [-0.15, -0.1) is 0 Å². The molecule has 0 atom stereocenters. The van der Waals surface area contributed by atoms with Gasteiger partial charge in [-0.2, -0.15) is 0 Å². The lowest BCUT2D eigenvalue weighted by molar-refractivity contribution is 0.102. The van der Waals surface area contributed by atoms with Crippen LogP contribution in [0.25, 0.3) is 22.4 Å². The standard InChI is InChI=1S/C22H16N2O3/c1-14-5-4-6-16(13-14)20(25)23-17-11-9-15(10-12-17)21-24-19-8-3-2-7-18(19)22(26)27-21/h2-13H,1H3,(H,23,25). The van der Waals surface area contributed by atoms with Crippen molar-refractivity contribution in [2.24, 2.45) is 0 Å². The number of nitrogens with one attached hydrogen (secondary N) is 1. The molecule has 0 aliphatic carbocycles. The Morgan fingerprint density at radius 2 is 1.74 bits per heavy atom. The van der Waals surface area contributed by atoms with Crippen LogP contribution in [0.3, 0.4) is 0 Å². The highest BCUT2D eigenvalue weighted by molar-refractivity contribution is 6.04. The number of hydrogen-bond donors (Lipinski definition) is 1. The summed E-state index contributed by atoms with van der Waals surface area (Å²) < 4.78 is 5.33. The highest BCUT2D eigenvalue weighted by Crippen LogP contribution is 2.21. The fraction of sp³-hybridized carbons (Fsp3) is 0.0455. The molecule has 0 aliphatic rings. The third-order valence-electron chi connectivity index (χ3n) is 4.21. The first-order chi connectivity index (χ1) is 13.1. The highest BCUT2D eigenvalue weighted by Gasteiger charge is 2.10. The van der Waals surface area contributed by atoms with E-state index in [1.165, 1.54) is 0 Å². The Bertz CT molecular complexity index is 1190. The van der Waals surface area contributed by atoms with E-state index in [2.05, 4.69) is 10.3 Å². The molecular weight excluding hydrogens is 340 g/mol. The first-order valence-corrected chi connectivity index (χ1v) is 8.48. The van der Waals surface area contributed by atoms with Crippen molar-refractivity contribution < 1.29 is 9.21 Å². The van der Waals surface area contributed by atoms with E-state index in [9.17, 15) is 9.59 Å². The minimum atomic E-state index is -0.424. The Hall–Kier alpha value is -3.73. The molecule has 132 valence electrons. The van der Waals surface area contributed by atoms with Crippen LogP contribution in [0.5, 0.6) is 0 Å². The van der Waals surface area contributed by atoms with Crippen LogP contribution in [0, 0.1) is 6.92 Å². The smallest absolute Gasteiger partial charge is 0.347 e. The maximum Gasteiger partial charge on any atom is 0.347 e. The SMILES string of the molecule is Cc1cccc(C(=O)Nc2ccc(-c3nc4ccccc4c(=O)o3)cc2)c1. The van der Waals surface area contributed by atoms with Crippen molar-refractivity contribution in [1.82, 2.24) is 4.98 Å². The molecule has 4 rings (SSSR count). The predicted molar refractivity (Wildman–Crippen MR) is 105 cm³/mol. The summed E-state index contributed by atoms with van der Waals surface area (Å²) in [6.45, 7) is 1.94. The summed E-state index contributed by atoms with van der Waals surface area (Å²) in [5.74, 6) is 0.0667. The molecule has 0 spiro atoms. The molecule has 1 heterocycles. The van der Waals surface area contributed by atoms with Gasteiger partial charge >= 0.3 is 5.63 Å². The van der Waals surface area contributed by atoms with E-state index in [0.29, 0.717) is 27.7 Å². The Morgan fingerprint density at radius 3 is 2.52 bits per heavy atom. The molecule has 1 N–H and O–H groups in total. The van der Waals surface area contributed by atoms with Gasteiger partial charge < -0.3 is 9.73 Å². The minimum absolute atomic E-state index is 0.179. The Labute approximate surface area is 155 Å². The number of benzene rings is 3. The second-order valence-corrected chi connectivity index (χ2v) is 6.22. The van der Waals surface area contributed by atoms with Gasteiger partial charge in [0.25, 0.3) is 5.91 Å². The van der Waals surface area contributed by atoms with Crippen molar-refractivity contribution in [2.45, 2.75) is 6.92 Å². The fourth-order valence-electron chi connectivity index (χ4n) is 2.83. The predicted octanol–water partition coefficient (Wildman–Crippen LogP) is 4.42. The molecule has 5 heteroatoms. The summed E-state index contributed by atoms with van der Waals surface area (Å²) in [6.07, 6.45) is 0. The van der Waals surface area contributed by atoms with Gasteiger partial charge in [-0.05, 0) is 55.5 Å². The van der Waals surface area contributed by atoms with Crippen LogP contribution in [0.15, 0.2) is 82.0 Å². The van der Waals surface area contributed by atoms with Crippen LogP contribution in [0.2, 0.25) is 0 Å². The van der Waals surface area contributed by atoms with Crippen LogP contribution >= 0.6 is 0 Å². The average Bonchev–Trinajstić information content (AvgIpc) is 2.68. The molecule has 27 heavy (non-hydrogen) atoms. The lowest BCUT2D eigenvalue weighted by atomic mass is 10.1. The van der Waals surface area contributed by atoms with E-state index >= 15 is 0 Å². The van der Waals surface area contributed by atoms with Crippen molar-refractivity contribution in [3.8, 4) is 11.5 Å². The number of anilines is 1. The van der Waals surface area contributed by atoms with Crippen molar-refractivity contribution >= 4 is 22.5 Å². The summed E-state index contributed by atoms with van der Waals surface area (Å²) >= 11 is 0. The second-order valence-electron chi connectivity index (χ2n) is 6.22. The number of carbonyl (C=O) groups excluding carboxylic acids is 1. The summed E-state index contributed by atoms with van der Waals surface area (Å²) in [5, 5.41) is 3.30. The van der Waals surface area contributed by atoms with Crippen molar-refractivity contribution in [3.63, 3.8) is 0 Å². The molecule has 4 aromatic rings. The average molecular weight is 356 g/mol. The molecule has 0 bridgehead atoms. The maximum absolute atomic E-state index is 12.3. The first kappa shape index (κ1) is 16.7. The number of amides is 1. The van der Waals surface area contributed by atoms with Crippen molar-refractivity contribution in [2.75, 3.05) is 5.32 Å². The number of hydrogen-bond acceptors (Lipinski definition) is 4. The molecule has 5 nitrogen and oxygen atoms in total. The molecule has 0 unspecified atom stereocenters. The van der Waals surface area contributed by atoms with E-state index in [1.54, 1.807) is 48.5 Å². The number of para-hydroxylation sites is 1. The zero-order valence-electron chi connectivity index (χ0n) is 14.6. The van der Waals surface area contributed by atoms with Gasteiger partial charge in [0.1, 0.15) is 0 Å². The first-order valence-electron chi connectivity index (χ1n) is 8.48. The maximum atomic E-state index is 12.3. The van der Waals surface area contributed by atoms with Crippen molar-refractivity contribution in [3.05, 3.63) is 94.3 Å². The molecule has 0 fully saturated rings. The summed E-state index contributed by atoms with van der Waals surface area (Å²) in [4.78, 5) is 28.8. The number of aryl methyl sites for hydroxylation is 1. The number of carbonyl (C=O) groups is 1. The lowest BCUT2D eigenvalue weighted by Gasteiger charge is -2.07. The molecular formula is C22H16N2O3. The molecule has 1 amide bonds. The molecule has 0 saturated carbocycles. The topological polar surface area (TPSA) is 72.2 Å². The van der Waals surface area contributed by atoms with Crippen LogP contribution in [-0.2, 0) is 0 Å². The zero-order chi connectivity index (χ0) is 18.8. The molecule has 0 aliphatic heterocycles. The van der Waals surface area contributed by atoms with Gasteiger partial charge in [0.05, 0.1) is 10.9 Å². The summed E-state index contributed by atoms with van der Waals surface area (Å²) in [5.41, 5.74) is 3.09. The van der Waals surface area contributed by atoms with Gasteiger partial charge in [-0.3, -0.25) is 4.79 Å². The Morgan fingerprint density at radius 1 is 0.963 bits per heavy atom. The third-order valence-corrected chi connectivity index (χ3v) is 4.21. The molecule has 3 aromatic carbocycles. The number of aromatic nitrogens is 1. The summed E-state index contributed by atoms with van der Waals surface area (Å²) in [7, 11) is 0. The van der Waals surface area contributed by atoms with Gasteiger partial charge in [0.2, 0.25) is 5.89 Å². The second kappa shape index (κ2) is 6.88. The fourth-order valence-corrected chi connectivity index (χ4v) is 2.83. The van der Waals surface area contributed by atoms with E-state index in [1.807, 2.05) is 31.2 Å². The quantitative estimate of drug-likeness (QED) is 0.590. The molecule has 0 radical (unpaired) electrons. The third kappa shape index (κ3) is 3.48. The highest BCUT2D eigenvalue weighted by atomic mass is 16.4. The van der Waals surface area contributed by atoms with Crippen LogP contribution in [-0.4, -0.2) is 10.9 Å². The van der Waals surface area contributed by atoms with Gasteiger partial charge in [0, 0.05) is 16.8 Å². The molecule has 1 aromatic heterocycles. The number of nitrogens with zero attached hydrogens (tertiary/aromatic N) is 1. The number of fused-ring (bicyclic) bond motifs is 1. The van der Waals surface area contributed by atoms with E-state index in [0.717, 1.165) is 5.56 Å². The molecule has 0 saturated heterocycles. The zero-order valence-corrected chi connectivity index (χ0v) is 14.6. The summed E-state index contributed by atoms with van der Waals surface area (Å²) in [6, 6.07) is 21.4. The number of rotatable bonds is 3. The van der Waals surface area contributed by atoms with Crippen LogP contribution < -0.4 is 10.9 Å². The van der Waals surface area contributed by atoms with E-state index in [4.69, 9.17) is 4.42 Å². The monoisotopic (exact) mass is 356 g/mol. The van der Waals surface area contributed by atoms with E-state index < -0.39 is 5.63 Å². The largest absolute Gasteiger partial charge is 0.403 e.